The van der Waals surface area contributed by atoms with Gasteiger partial charge in [-0.15, -0.1) is 0 Å². The molecule has 0 aromatic carbocycles. The van der Waals surface area contributed by atoms with Gasteiger partial charge >= 0.3 is 0 Å². The van der Waals surface area contributed by atoms with Crippen LogP contribution >= 0.6 is 0 Å². The van der Waals surface area contributed by atoms with Crippen molar-refractivity contribution in [3.05, 3.63) is 0 Å². The second kappa shape index (κ2) is 3.72. The minimum atomic E-state index is -0.211. The Labute approximate surface area is 91.3 Å². The fraction of sp³-hybridized carbons (Fsp3) is 1.00. The number of hydrogen-bond acceptors (Lipinski definition) is 3. The van der Waals surface area contributed by atoms with Crippen molar-refractivity contribution in [1.29, 1.82) is 0 Å². The molecular formula is C12H21NO2. The highest BCUT2D eigenvalue weighted by Gasteiger charge is 2.49. The maximum absolute atomic E-state index is 6.16. The lowest BCUT2D eigenvalue weighted by Crippen LogP contribution is -2.38. The predicted octanol–water partition coefficient (Wildman–Crippen LogP) is 1.94. The Bertz CT molecular complexity index is 238. The van der Waals surface area contributed by atoms with Crippen LogP contribution in [0.5, 0.6) is 0 Å². The molecule has 0 bridgehead atoms. The van der Waals surface area contributed by atoms with Crippen LogP contribution in [0.4, 0.5) is 0 Å². The lowest BCUT2D eigenvalue weighted by atomic mass is 9.91. The van der Waals surface area contributed by atoms with Gasteiger partial charge in [-0.3, -0.25) is 0 Å². The summed E-state index contributed by atoms with van der Waals surface area (Å²) in [5.74, 6) is -0.211. The normalized spacial score (nSPS) is 44.2. The largest absolute Gasteiger partial charge is 0.344 e. The maximum atomic E-state index is 6.16. The van der Waals surface area contributed by atoms with Gasteiger partial charge in [-0.05, 0) is 32.1 Å². The summed E-state index contributed by atoms with van der Waals surface area (Å²) in [5.41, 5.74) is 5.97. The molecule has 3 heteroatoms. The molecule has 3 fully saturated rings. The molecule has 3 atom stereocenters. The summed E-state index contributed by atoms with van der Waals surface area (Å²) in [6.45, 7) is 0. The minimum absolute atomic E-state index is 0.211. The topological polar surface area (TPSA) is 44.5 Å². The number of rotatable bonds is 0. The molecule has 86 valence electrons. The smallest absolute Gasteiger partial charge is 0.169 e. The molecule has 0 radical (unpaired) electrons. The molecule has 2 saturated carbocycles. The fourth-order valence-electron chi connectivity index (χ4n) is 3.30. The van der Waals surface area contributed by atoms with E-state index in [0.29, 0.717) is 12.1 Å². The first-order chi connectivity index (χ1) is 7.27. The van der Waals surface area contributed by atoms with Gasteiger partial charge in [-0.2, -0.15) is 0 Å². The van der Waals surface area contributed by atoms with E-state index in [-0.39, 0.29) is 11.9 Å². The third-order valence-corrected chi connectivity index (χ3v) is 4.12. The van der Waals surface area contributed by atoms with Crippen molar-refractivity contribution in [2.75, 3.05) is 0 Å². The second-order valence-corrected chi connectivity index (χ2v) is 5.36. The van der Waals surface area contributed by atoms with Gasteiger partial charge in [-0.1, -0.05) is 6.42 Å². The van der Waals surface area contributed by atoms with Crippen LogP contribution in [0.15, 0.2) is 0 Å². The van der Waals surface area contributed by atoms with Crippen LogP contribution in [-0.4, -0.2) is 24.0 Å². The van der Waals surface area contributed by atoms with Gasteiger partial charge in [0, 0.05) is 18.9 Å². The van der Waals surface area contributed by atoms with Crippen molar-refractivity contribution in [1.82, 2.24) is 0 Å². The van der Waals surface area contributed by atoms with Crippen molar-refractivity contribution >= 4 is 0 Å². The van der Waals surface area contributed by atoms with Crippen LogP contribution < -0.4 is 5.73 Å². The SMILES string of the molecule is NC1CCC2OC3(CCCCC3)OC2C1. The molecule has 0 aromatic heterocycles. The maximum Gasteiger partial charge on any atom is 0.169 e. The van der Waals surface area contributed by atoms with Gasteiger partial charge in [0.1, 0.15) is 0 Å². The molecule has 0 amide bonds. The molecular weight excluding hydrogens is 190 g/mol. The Hall–Kier alpha value is -0.120. The highest BCUT2D eigenvalue weighted by atomic mass is 16.8. The average molecular weight is 211 g/mol. The summed E-state index contributed by atoms with van der Waals surface area (Å²) >= 11 is 0. The third-order valence-electron chi connectivity index (χ3n) is 4.12. The number of hydrogen-bond donors (Lipinski definition) is 1. The summed E-state index contributed by atoms with van der Waals surface area (Å²) in [7, 11) is 0. The van der Waals surface area contributed by atoms with Gasteiger partial charge < -0.3 is 15.2 Å². The zero-order valence-electron chi connectivity index (χ0n) is 9.28. The number of ether oxygens (including phenoxy) is 2. The molecule has 2 N–H and O–H groups in total. The Morgan fingerprint density at radius 3 is 2.47 bits per heavy atom. The highest BCUT2D eigenvalue weighted by Crippen LogP contribution is 2.44. The molecule has 1 heterocycles. The molecule has 1 saturated heterocycles. The fourth-order valence-corrected chi connectivity index (χ4v) is 3.30. The monoisotopic (exact) mass is 211 g/mol. The summed E-state index contributed by atoms with van der Waals surface area (Å²) in [5, 5.41) is 0. The molecule has 3 nitrogen and oxygen atoms in total. The number of fused-ring (bicyclic) bond motifs is 1. The lowest BCUT2D eigenvalue weighted by Gasteiger charge is -2.31. The van der Waals surface area contributed by atoms with Gasteiger partial charge in [0.15, 0.2) is 5.79 Å². The van der Waals surface area contributed by atoms with Crippen molar-refractivity contribution in [2.24, 2.45) is 5.73 Å². The molecule has 2 aliphatic carbocycles. The summed E-state index contributed by atoms with van der Waals surface area (Å²) in [6, 6.07) is 0.327. The van der Waals surface area contributed by atoms with E-state index in [9.17, 15) is 0 Å². The van der Waals surface area contributed by atoms with E-state index in [2.05, 4.69) is 0 Å². The minimum Gasteiger partial charge on any atom is -0.344 e. The number of nitrogens with two attached hydrogens (primary N) is 1. The van der Waals surface area contributed by atoms with Crippen LogP contribution in [0.25, 0.3) is 0 Å². The Morgan fingerprint density at radius 1 is 0.933 bits per heavy atom. The van der Waals surface area contributed by atoms with Crippen molar-refractivity contribution in [3.63, 3.8) is 0 Å². The van der Waals surface area contributed by atoms with E-state index in [4.69, 9.17) is 15.2 Å². The first kappa shape index (κ1) is 10.1. The van der Waals surface area contributed by atoms with E-state index < -0.39 is 0 Å². The summed E-state index contributed by atoms with van der Waals surface area (Å²) in [4.78, 5) is 0. The van der Waals surface area contributed by atoms with E-state index in [1.165, 1.54) is 19.3 Å². The van der Waals surface area contributed by atoms with Crippen LogP contribution in [0.1, 0.15) is 51.4 Å². The van der Waals surface area contributed by atoms with Gasteiger partial charge in [0.05, 0.1) is 12.2 Å². The Kier molecular flexibility index (Phi) is 2.49. The van der Waals surface area contributed by atoms with E-state index >= 15 is 0 Å². The van der Waals surface area contributed by atoms with Crippen molar-refractivity contribution in [2.45, 2.75) is 75.4 Å². The van der Waals surface area contributed by atoms with Gasteiger partial charge in [0.2, 0.25) is 0 Å². The van der Waals surface area contributed by atoms with E-state index in [1.54, 1.807) is 0 Å². The molecule has 1 spiro atoms. The Balaban J connectivity index is 1.70. The van der Waals surface area contributed by atoms with Crippen LogP contribution in [0.3, 0.4) is 0 Å². The zero-order chi connectivity index (χ0) is 10.3. The zero-order valence-corrected chi connectivity index (χ0v) is 9.28. The second-order valence-electron chi connectivity index (χ2n) is 5.36. The first-order valence-corrected chi connectivity index (χ1v) is 6.39. The molecule has 1 aliphatic heterocycles. The highest BCUT2D eigenvalue weighted by molar-refractivity contribution is 4.93. The molecule has 0 aromatic rings. The lowest BCUT2D eigenvalue weighted by molar-refractivity contribution is -0.193. The standard InChI is InChI=1S/C12H21NO2/c13-9-4-5-10-11(8-9)15-12(14-10)6-2-1-3-7-12/h9-11H,1-8,13H2. The summed E-state index contributed by atoms with van der Waals surface area (Å²) in [6.07, 6.45) is 9.83. The predicted molar refractivity (Wildman–Crippen MR) is 57.4 cm³/mol. The van der Waals surface area contributed by atoms with Gasteiger partial charge in [0.25, 0.3) is 0 Å². The van der Waals surface area contributed by atoms with Crippen LogP contribution in [-0.2, 0) is 9.47 Å². The van der Waals surface area contributed by atoms with E-state index in [1.807, 2.05) is 0 Å². The molecule has 3 unspecified atom stereocenters. The van der Waals surface area contributed by atoms with Crippen molar-refractivity contribution in [3.8, 4) is 0 Å². The quantitative estimate of drug-likeness (QED) is 0.666. The van der Waals surface area contributed by atoms with E-state index in [0.717, 1.165) is 32.1 Å². The Morgan fingerprint density at radius 2 is 1.67 bits per heavy atom. The van der Waals surface area contributed by atoms with Crippen molar-refractivity contribution < 1.29 is 9.47 Å². The third kappa shape index (κ3) is 1.81. The molecule has 15 heavy (non-hydrogen) atoms. The van der Waals surface area contributed by atoms with Crippen LogP contribution in [0.2, 0.25) is 0 Å². The summed E-state index contributed by atoms with van der Waals surface area (Å²) < 4.78 is 12.3. The molecule has 3 aliphatic rings. The van der Waals surface area contributed by atoms with Crippen LogP contribution in [0, 0.1) is 0 Å². The van der Waals surface area contributed by atoms with Gasteiger partial charge in [-0.25, -0.2) is 0 Å². The average Bonchev–Trinajstić information content (AvgIpc) is 2.56. The first-order valence-electron chi connectivity index (χ1n) is 6.39. The molecule has 3 rings (SSSR count).